The minimum atomic E-state index is -0.221. The Kier molecular flexibility index (Phi) is 4.30. The number of hydrogen-bond donors (Lipinski definition) is 1. The predicted molar refractivity (Wildman–Crippen MR) is 102 cm³/mol. The van der Waals surface area contributed by atoms with Gasteiger partial charge in [0.2, 0.25) is 0 Å². The average molecular weight is 357 g/mol. The second-order valence-corrected chi connectivity index (χ2v) is 8.13. The molecule has 0 amide bonds. The second-order valence-electron chi connectivity index (χ2n) is 8.13. The number of aromatic nitrogens is 1. The van der Waals surface area contributed by atoms with Crippen molar-refractivity contribution in [2.24, 2.45) is 11.7 Å². The van der Waals surface area contributed by atoms with Gasteiger partial charge in [0.25, 0.3) is 5.56 Å². The Morgan fingerprint density at radius 3 is 2.73 bits per heavy atom. The van der Waals surface area contributed by atoms with Crippen LogP contribution in [0, 0.1) is 5.92 Å². The monoisotopic (exact) mass is 357 g/mol. The third-order valence-corrected chi connectivity index (χ3v) is 6.28. The van der Waals surface area contributed by atoms with Crippen LogP contribution in [0.25, 0.3) is 12.7 Å². The van der Waals surface area contributed by atoms with Gasteiger partial charge >= 0.3 is 0 Å². The Morgan fingerprint density at radius 1 is 1.38 bits per heavy atom. The number of hydrogen-bond acceptors (Lipinski definition) is 3. The maximum Gasteiger partial charge on any atom is 0.251 e. The van der Waals surface area contributed by atoms with Crippen LogP contribution in [-0.4, -0.2) is 28.1 Å². The van der Waals surface area contributed by atoms with Crippen LogP contribution in [0.3, 0.4) is 0 Å². The van der Waals surface area contributed by atoms with E-state index in [4.69, 9.17) is 5.73 Å². The summed E-state index contributed by atoms with van der Waals surface area (Å²) < 4.78 is 16.8. The molecule has 140 valence electrons. The molecule has 5 heteroatoms. The van der Waals surface area contributed by atoms with Crippen molar-refractivity contribution in [2.75, 3.05) is 13.1 Å². The maximum atomic E-state index is 15.1. The molecule has 0 bridgehead atoms. The van der Waals surface area contributed by atoms with Crippen LogP contribution >= 0.6 is 0 Å². The Balaban J connectivity index is 1.66. The first kappa shape index (κ1) is 17.5. The lowest BCUT2D eigenvalue weighted by molar-refractivity contribution is 0.351. The van der Waals surface area contributed by atoms with E-state index in [1.807, 2.05) is 6.92 Å². The first-order chi connectivity index (χ1) is 12.4. The lowest BCUT2D eigenvalue weighted by Gasteiger charge is -2.23. The fourth-order valence-corrected chi connectivity index (χ4v) is 4.26. The van der Waals surface area contributed by atoms with Crippen LogP contribution in [0.15, 0.2) is 28.5 Å². The lowest BCUT2D eigenvalue weighted by Crippen LogP contribution is -2.41. The van der Waals surface area contributed by atoms with Crippen LogP contribution in [0.5, 0.6) is 0 Å². The van der Waals surface area contributed by atoms with Crippen molar-refractivity contribution < 1.29 is 4.39 Å². The molecular weight excluding hydrogens is 329 g/mol. The van der Waals surface area contributed by atoms with Crippen LogP contribution in [0.4, 0.5) is 4.39 Å². The van der Waals surface area contributed by atoms with Crippen molar-refractivity contribution in [2.45, 2.75) is 57.0 Å². The molecular formula is C21H28FN3O. The van der Waals surface area contributed by atoms with Crippen molar-refractivity contribution in [3.8, 4) is 0 Å². The molecule has 2 N–H and O–H groups in total. The van der Waals surface area contributed by atoms with E-state index < -0.39 is 0 Å². The number of halogens is 1. The van der Waals surface area contributed by atoms with Crippen molar-refractivity contribution in [3.05, 3.63) is 44.6 Å². The van der Waals surface area contributed by atoms with E-state index >= 15 is 4.39 Å². The number of pyridine rings is 1. The maximum absolute atomic E-state index is 15.1. The predicted octanol–water partition coefficient (Wildman–Crippen LogP) is 1.78. The molecule has 1 saturated heterocycles. The van der Waals surface area contributed by atoms with Gasteiger partial charge in [0.05, 0.1) is 0 Å². The first-order valence-corrected chi connectivity index (χ1v) is 9.77. The Labute approximate surface area is 153 Å². The number of allylic oxidation sites excluding steroid dienone is 2. The fraction of sp³-hybridized carbons (Fsp3) is 0.571. The van der Waals surface area contributed by atoms with Crippen molar-refractivity contribution in [1.29, 1.82) is 0 Å². The third-order valence-electron chi connectivity index (χ3n) is 6.28. The minimum Gasteiger partial charge on any atom is -0.372 e. The number of nitrogens with zero attached hydrogens (tertiary/aromatic N) is 2. The molecule has 0 radical (unpaired) electrons. The summed E-state index contributed by atoms with van der Waals surface area (Å²) in [5, 5.41) is 1.30. The first-order valence-electron chi connectivity index (χ1n) is 9.77. The molecule has 4 rings (SSSR count). The van der Waals surface area contributed by atoms with Gasteiger partial charge in [-0.15, -0.1) is 0 Å². The van der Waals surface area contributed by atoms with E-state index in [2.05, 4.69) is 11.5 Å². The second kappa shape index (κ2) is 6.38. The normalized spacial score (nSPS) is 26.2. The average Bonchev–Trinajstić information content (AvgIpc) is 3.52. The van der Waals surface area contributed by atoms with Gasteiger partial charge < -0.3 is 15.2 Å². The quantitative estimate of drug-likeness (QED) is 0.874. The van der Waals surface area contributed by atoms with E-state index in [-0.39, 0.29) is 23.0 Å². The van der Waals surface area contributed by atoms with Gasteiger partial charge in [0.15, 0.2) is 0 Å². The Bertz CT molecular complexity index is 908. The standard InChI is InChI=1S/C21H28FN3O/c1-3-19(24-11-8-16(13-24)21(23)9-10-21)18(22)12-15-4-7-20(26)25(14(15)2)17-5-6-17/h4,7,12,16-17H,2-3,5-6,8-11,13,23H2,1H3/b15-12-,19-18-. The van der Waals surface area contributed by atoms with Crippen LogP contribution in [-0.2, 0) is 0 Å². The van der Waals surface area contributed by atoms with Gasteiger partial charge in [-0.3, -0.25) is 4.79 Å². The topological polar surface area (TPSA) is 51.3 Å². The highest BCUT2D eigenvalue weighted by Gasteiger charge is 2.48. The molecule has 1 aromatic heterocycles. The highest BCUT2D eigenvalue weighted by atomic mass is 19.1. The zero-order valence-corrected chi connectivity index (χ0v) is 15.5. The molecule has 3 aliphatic rings. The highest BCUT2D eigenvalue weighted by Crippen LogP contribution is 2.44. The summed E-state index contributed by atoms with van der Waals surface area (Å²) in [6, 6.07) is 3.44. The largest absolute Gasteiger partial charge is 0.372 e. The van der Waals surface area contributed by atoms with Crippen LogP contribution < -0.4 is 21.9 Å². The van der Waals surface area contributed by atoms with E-state index in [0.717, 1.165) is 50.9 Å². The van der Waals surface area contributed by atoms with Crippen molar-refractivity contribution >= 4 is 12.7 Å². The van der Waals surface area contributed by atoms with E-state index in [9.17, 15) is 4.79 Å². The molecule has 2 heterocycles. The van der Waals surface area contributed by atoms with E-state index in [1.165, 1.54) is 6.07 Å². The molecule has 1 unspecified atom stereocenters. The van der Waals surface area contributed by atoms with Crippen molar-refractivity contribution in [3.63, 3.8) is 0 Å². The zero-order chi connectivity index (χ0) is 18.5. The fourth-order valence-electron chi connectivity index (χ4n) is 4.26. The number of nitrogens with two attached hydrogens (primary N) is 1. The van der Waals surface area contributed by atoms with Gasteiger partial charge in [0, 0.05) is 47.0 Å². The molecule has 0 spiro atoms. The van der Waals surface area contributed by atoms with Gasteiger partial charge in [0.1, 0.15) is 5.83 Å². The zero-order valence-electron chi connectivity index (χ0n) is 15.5. The summed E-state index contributed by atoms with van der Waals surface area (Å²) in [5.41, 5.74) is 7.04. The van der Waals surface area contributed by atoms with Gasteiger partial charge in [-0.25, -0.2) is 4.39 Å². The van der Waals surface area contributed by atoms with Gasteiger partial charge in [-0.2, -0.15) is 0 Å². The molecule has 1 atom stereocenters. The lowest BCUT2D eigenvalue weighted by atomic mass is 9.97. The minimum absolute atomic E-state index is 0.00589. The number of rotatable bonds is 5. The van der Waals surface area contributed by atoms with Crippen LogP contribution in [0.1, 0.15) is 51.5 Å². The van der Waals surface area contributed by atoms with E-state index in [1.54, 1.807) is 16.7 Å². The summed E-state index contributed by atoms with van der Waals surface area (Å²) >= 11 is 0. The molecule has 0 aromatic carbocycles. The molecule has 1 aliphatic heterocycles. The number of likely N-dealkylation sites (tertiary alicyclic amines) is 1. The Morgan fingerprint density at radius 2 is 2.12 bits per heavy atom. The van der Waals surface area contributed by atoms with Crippen LogP contribution in [0.2, 0.25) is 0 Å². The summed E-state index contributed by atoms with van der Waals surface area (Å²) in [5.74, 6) is 0.248. The van der Waals surface area contributed by atoms with E-state index in [0.29, 0.717) is 22.9 Å². The summed E-state index contributed by atoms with van der Waals surface area (Å²) in [6.45, 7) is 7.75. The molecule has 4 nitrogen and oxygen atoms in total. The Hall–Kier alpha value is -1.88. The molecule has 3 fully saturated rings. The molecule has 2 saturated carbocycles. The smallest absolute Gasteiger partial charge is 0.251 e. The summed E-state index contributed by atoms with van der Waals surface area (Å²) in [6.07, 6.45) is 7.42. The summed E-state index contributed by atoms with van der Waals surface area (Å²) in [4.78, 5) is 14.2. The molecule has 26 heavy (non-hydrogen) atoms. The molecule has 1 aromatic rings. The SMILES string of the molecule is C=c1/c(=C\C(F)=C(/CC)N2CCC(C3(N)CC3)C2)ccc(=O)n1C1CC1. The van der Waals surface area contributed by atoms with Gasteiger partial charge in [-0.1, -0.05) is 13.5 Å². The van der Waals surface area contributed by atoms with Crippen molar-refractivity contribution in [1.82, 2.24) is 9.47 Å². The molecule has 2 aliphatic carbocycles. The van der Waals surface area contributed by atoms with Gasteiger partial charge in [-0.05, 0) is 56.6 Å². The third kappa shape index (κ3) is 3.13. The summed E-state index contributed by atoms with van der Waals surface area (Å²) in [7, 11) is 0. The highest BCUT2D eigenvalue weighted by molar-refractivity contribution is 5.45.